The number of nitrogens with two attached hydrogens (primary N) is 2. The van der Waals surface area contributed by atoms with E-state index in [-0.39, 0.29) is 87.7 Å². The number of alkyl carbamates (subject to hydrolysis) is 1. The Morgan fingerprint density at radius 1 is 0.573 bits per heavy atom. The molecule has 0 spiro atoms. The number of aliphatic hydroxyl groups is 2. The first-order valence-electron chi connectivity index (χ1n) is 37.3. The van der Waals surface area contributed by atoms with Crippen molar-refractivity contribution in [1.82, 2.24) is 39.4 Å². The number of alkyl halides is 3. The maximum absolute atomic E-state index is 15.0. The van der Waals surface area contributed by atoms with Crippen molar-refractivity contribution in [3.05, 3.63) is 192 Å². The van der Waals surface area contributed by atoms with E-state index in [1.165, 1.54) is 22.0 Å². The molecule has 2 aromatic heterocycles. The quantitative estimate of drug-likeness (QED) is 0.00794. The van der Waals surface area contributed by atoms with Crippen LogP contribution in [0.5, 0.6) is 0 Å². The number of Topliss-reactive ketones (excluding diaryl/α,β-unsaturated/α-hetero) is 2. The highest BCUT2D eigenvalue weighted by atomic mass is 28.3. The third-order valence-corrected chi connectivity index (χ3v) is 19.8. The number of benzene rings is 4. The second-order valence-corrected chi connectivity index (χ2v) is 36.5. The predicted octanol–water partition coefficient (Wildman–Crippen LogP) is 9.65. The summed E-state index contributed by atoms with van der Waals surface area (Å²) in [6.07, 6.45) is 3.03. The monoisotopic (exact) mass is 1660 g/mol. The van der Waals surface area contributed by atoms with Crippen molar-refractivity contribution < 1.29 is 113 Å². The van der Waals surface area contributed by atoms with Crippen LogP contribution >= 0.6 is 0 Å². The minimum absolute atomic E-state index is 0.0134. The van der Waals surface area contributed by atoms with Crippen LogP contribution in [0.15, 0.2) is 146 Å². The number of carboxylic acids is 2. The molecule has 4 atom stereocenters. The van der Waals surface area contributed by atoms with Gasteiger partial charge >= 0.3 is 24.2 Å². The Morgan fingerprint density at radius 3 is 1.32 bits per heavy atom. The fraction of sp³-hybridized carbons (Fsp3) is 0.415. The molecule has 0 saturated carbocycles. The number of carbonyl (C=O) groups excluding carboxylic acids is 10. The summed E-state index contributed by atoms with van der Waals surface area (Å²) in [7, 11) is -1.48. The number of ketones is 2. The van der Waals surface area contributed by atoms with Gasteiger partial charge in [-0.3, -0.25) is 53.0 Å². The fourth-order valence-electron chi connectivity index (χ4n) is 12.4. The summed E-state index contributed by atoms with van der Waals surface area (Å²) in [5.74, 6) is -10.7. The molecule has 6 aromatic rings. The first-order chi connectivity index (χ1) is 54.8. The van der Waals surface area contributed by atoms with Crippen LogP contribution in [-0.4, -0.2) is 206 Å². The molecule has 0 radical (unpaired) electrons. The van der Waals surface area contributed by atoms with Gasteiger partial charge in [0.2, 0.25) is 17.7 Å². The number of nitrogens with one attached hydrogen (secondary N) is 2. The van der Waals surface area contributed by atoms with Gasteiger partial charge in [0.25, 0.3) is 23.6 Å². The third-order valence-electron chi connectivity index (χ3n) is 18.1. The number of aromatic nitrogens is 2. The highest BCUT2D eigenvalue weighted by molar-refractivity contribution is 6.76. The van der Waals surface area contributed by atoms with E-state index < -0.39 is 145 Å². The zero-order chi connectivity index (χ0) is 87.4. The maximum Gasteiger partial charge on any atom is 0.490 e. The van der Waals surface area contributed by atoms with Gasteiger partial charge in [0.05, 0.1) is 37.8 Å². The lowest BCUT2D eigenvalue weighted by atomic mass is 9.82. The number of rotatable bonds is 35. The highest BCUT2D eigenvalue weighted by Crippen LogP contribution is 2.43. The third kappa shape index (κ3) is 30.4. The van der Waals surface area contributed by atoms with Crippen molar-refractivity contribution in [2.24, 2.45) is 22.3 Å². The smallest absolute Gasteiger partial charge is 0.480 e. The zero-order valence-corrected chi connectivity index (χ0v) is 67.5. The number of aliphatic hydroxyl groups excluding tert-OH is 2. The summed E-state index contributed by atoms with van der Waals surface area (Å²) < 4.78 is 99.1. The van der Waals surface area contributed by atoms with E-state index in [1.54, 1.807) is 24.5 Å². The van der Waals surface area contributed by atoms with Crippen LogP contribution in [0, 0.1) is 34.1 Å². The molecular formula is C82H101F7N10O17Si. The number of imide groups is 2. The van der Waals surface area contributed by atoms with Crippen molar-refractivity contribution in [3.63, 3.8) is 0 Å². The zero-order valence-electron chi connectivity index (χ0n) is 66.5. The van der Waals surface area contributed by atoms with Crippen LogP contribution in [0.1, 0.15) is 115 Å². The summed E-state index contributed by atoms with van der Waals surface area (Å²) in [6, 6.07) is 25.6. The summed E-state index contributed by atoms with van der Waals surface area (Å²) in [6.45, 7) is 16.9. The number of nitrogens with zero attached hydrogens (tertiary/aromatic N) is 6. The molecule has 8 rings (SSSR count). The molecule has 0 fully saturated rings. The summed E-state index contributed by atoms with van der Waals surface area (Å²) in [5.41, 5.74) is 14.1. The molecule has 0 aliphatic carbocycles. The second-order valence-electron chi connectivity index (χ2n) is 30.8. The molecule has 117 heavy (non-hydrogen) atoms. The number of amides is 8. The molecule has 0 saturated heterocycles. The van der Waals surface area contributed by atoms with Crippen LogP contribution < -0.4 is 22.1 Å². The van der Waals surface area contributed by atoms with Crippen LogP contribution in [-0.2, 0) is 70.6 Å². The Morgan fingerprint density at radius 2 is 0.966 bits per heavy atom. The number of aliphatic carboxylic acids is 2. The largest absolute Gasteiger partial charge is 0.490 e. The standard InChI is InChI=1S/C37H43F2N5O6.C34H45F2N3O6Si.C9H12N2O3.C2HF3O2/c1-37(2,3)35(31-18-25(28-19-26(38)11-12-29(28)39)21-42(31)20-24-8-5-4-6-9-24)43(34(49)23-45)17-15-30(40)36(50)41-16-7-10-27(46)22-44-32(47)13-14-33(44)48;1-34(2,3)31(39(30(41)22-40)15-14-28(32(42)43)37-33(44)45-16-17-46(4,5)6)29-18-24(26-19-25(35)12-13-27(26)36)21-38(29)20-23-10-8-7-9-11-23;10-5-1-2-7(12)6-11-8(13)3-4-9(11)14;3-2(4,5)1(6)7/h4-6,8-9,11-14,18-19,21,30,35,45H,7,10,15-17,20,22-23,40H2,1-3H3,(H,41,50);7-13,18-19,21,28,31,40H,14-17,20,22H2,1-6H3,(H,37,44)(H,42,43);3-4H,1-2,5-6,10H2;(H,6,7)/t30-,35-;28-,31-;;/m00../s1. The van der Waals surface area contributed by atoms with Gasteiger partial charge in [-0.25, -0.2) is 31.9 Å². The first-order valence-corrected chi connectivity index (χ1v) is 41.0. The Labute approximate surface area is 673 Å². The van der Waals surface area contributed by atoms with Gasteiger partial charge in [-0.05, 0) is 109 Å². The van der Waals surface area contributed by atoms with Gasteiger partial charge in [0, 0.05) is 124 Å². The lowest BCUT2D eigenvalue weighted by Crippen LogP contribution is -2.48. The lowest BCUT2D eigenvalue weighted by Gasteiger charge is -2.41. The average molecular weight is 1660 g/mol. The van der Waals surface area contributed by atoms with Gasteiger partial charge in [0.15, 0.2) is 11.6 Å². The van der Waals surface area contributed by atoms with E-state index in [0.717, 1.165) is 69.5 Å². The molecule has 634 valence electrons. The first kappa shape index (κ1) is 96.3. The van der Waals surface area contributed by atoms with Crippen LogP contribution in [0.3, 0.4) is 0 Å². The Balaban J connectivity index is 0.000000334. The maximum atomic E-state index is 15.0. The van der Waals surface area contributed by atoms with Gasteiger partial charge < -0.3 is 66.2 Å². The molecule has 4 heterocycles. The number of carboxylic acid groups (broad SMARTS) is 2. The number of hydrogen-bond acceptors (Lipinski definition) is 17. The van der Waals surface area contributed by atoms with Crippen molar-refractivity contribution in [2.75, 3.05) is 59.1 Å². The van der Waals surface area contributed by atoms with E-state index in [0.29, 0.717) is 61.0 Å². The van der Waals surface area contributed by atoms with Crippen LogP contribution in [0.25, 0.3) is 22.3 Å². The molecule has 10 N–H and O–H groups in total. The van der Waals surface area contributed by atoms with E-state index >= 15 is 0 Å². The van der Waals surface area contributed by atoms with Crippen LogP contribution in [0.4, 0.5) is 35.5 Å². The summed E-state index contributed by atoms with van der Waals surface area (Å²) in [4.78, 5) is 147. The Bertz CT molecular complexity index is 4500. The summed E-state index contributed by atoms with van der Waals surface area (Å²) in [5, 5.41) is 42.1. The van der Waals surface area contributed by atoms with Crippen molar-refractivity contribution in [2.45, 2.75) is 149 Å². The van der Waals surface area contributed by atoms with Gasteiger partial charge in [-0.1, -0.05) is 122 Å². The lowest BCUT2D eigenvalue weighted by molar-refractivity contribution is -0.192. The van der Waals surface area contributed by atoms with Crippen molar-refractivity contribution >= 4 is 79.0 Å². The molecule has 0 unspecified atom stereocenters. The molecule has 27 nitrogen and oxygen atoms in total. The van der Waals surface area contributed by atoms with E-state index in [4.69, 9.17) is 26.1 Å². The fourth-order valence-corrected chi connectivity index (χ4v) is 13.1. The van der Waals surface area contributed by atoms with Crippen molar-refractivity contribution in [3.8, 4) is 22.3 Å². The van der Waals surface area contributed by atoms with Gasteiger partial charge in [0.1, 0.15) is 42.5 Å². The molecule has 0 bridgehead atoms. The average Bonchev–Trinajstić information content (AvgIpc) is 1.65. The van der Waals surface area contributed by atoms with Crippen molar-refractivity contribution in [1.29, 1.82) is 0 Å². The van der Waals surface area contributed by atoms with Gasteiger partial charge in [-0.15, -0.1) is 0 Å². The number of halogens is 7. The summed E-state index contributed by atoms with van der Waals surface area (Å²) >= 11 is 0. The topological polar surface area (TPSA) is 394 Å². The number of ether oxygens (including phenoxy) is 1. The minimum Gasteiger partial charge on any atom is -0.480 e. The SMILES string of the molecule is CC(C)(C)[C@H](c1cc(-c2cc(F)ccc2F)cn1Cc1ccccc1)N(CC[C@H](N)C(=O)NCCCC(=O)CN1C(=O)C=CC1=O)C(=O)CO.CC(C)(C)[C@H](c1cc(-c2cc(F)ccc2F)cn1Cc1ccccc1)N(CC[C@H](NC(=O)OCC[Si](C)(C)C)C(=O)O)C(=O)CO.NCCCC(=O)CN1C(=O)C=CC1=O.O=C(O)C(F)(F)F. The molecule has 2 aliphatic heterocycles. The number of carbonyl (C=O) groups is 12. The Kier molecular flexibility index (Phi) is 36.4. The molecule has 35 heteroatoms. The molecule has 2 aliphatic rings. The normalized spacial score (nSPS) is 13.7. The van der Waals surface area contributed by atoms with Crippen LogP contribution in [0.2, 0.25) is 25.7 Å². The molecule has 8 amide bonds. The highest BCUT2D eigenvalue weighted by Gasteiger charge is 2.41. The Hall–Kier alpha value is -11.3. The molecule has 4 aromatic carbocycles. The van der Waals surface area contributed by atoms with Gasteiger partial charge in [-0.2, -0.15) is 13.2 Å². The number of hydrogen-bond donors (Lipinski definition) is 8. The molecular weight excluding hydrogens is 1560 g/mol. The van der Waals surface area contributed by atoms with E-state index in [1.807, 2.05) is 111 Å². The van der Waals surface area contributed by atoms with E-state index in [2.05, 4.69) is 30.3 Å². The predicted molar refractivity (Wildman–Crippen MR) is 420 cm³/mol. The second kappa shape index (κ2) is 44.2. The van der Waals surface area contributed by atoms with E-state index in [9.17, 15) is 98.8 Å². The minimum atomic E-state index is -5.08.